The maximum Gasteiger partial charge on any atom is 0.250 e. The van der Waals surface area contributed by atoms with E-state index in [0.29, 0.717) is 0 Å². The van der Waals surface area contributed by atoms with E-state index in [4.69, 9.17) is 4.74 Å². The van der Waals surface area contributed by atoms with Gasteiger partial charge in [-0.2, -0.15) is 0 Å². The lowest BCUT2D eigenvalue weighted by atomic mass is 9.59. The van der Waals surface area contributed by atoms with Gasteiger partial charge in [-0.1, -0.05) is 20.3 Å². The van der Waals surface area contributed by atoms with E-state index in [-0.39, 0.29) is 34.7 Å². The fourth-order valence-corrected chi connectivity index (χ4v) is 6.17. The minimum Gasteiger partial charge on any atom is -0.501 e. The molecule has 0 spiro atoms. The van der Waals surface area contributed by atoms with E-state index in [1.165, 1.54) is 0 Å². The molecule has 3 atom stereocenters. The fraction of sp³-hybridized carbons (Fsp3) is 0.800. The number of likely N-dealkylation sites (tertiary alicyclic amines) is 1. The van der Waals surface area contributed by atoms with Gasteiger partial charge >= 0.3 is 0 Å². The summed E-state index contributed by atoms with van der Waals surface area (Å²) in [7, 11) is 1.69. The molecule has 3 aliphatic rings. The number of hydrogen-bond donors (Lipinski definition) is 1. The van der Waals surface area contributed by atoms with E-state index in [0.717, 1.165) is 56.3 Å². The molecule has 1 aliphatic heterocycles. The average molecular weight is 404 g/mol. The summed E-state index contributed by atoms with van der Waals surface area (Å²) in [5.41, 5.74) is -0.252. The second-order valence-corrected chi connectivity index (χ2v) is 10.9. The molecule has 2 fully saturated rings. The maximum absolute atomic E-state index is 14.1. The molecular weight excluding hydrogens is 362 g/mol. The first-order chi connectivity index (χ1) is 13.5. The van der Waals surface area contributed by atoms with Crippen molar-refractivity contribution in [2.75, 3.05) is 7.11 Å². The normalized spacial score (nSPS) is 31.2. The molecule has 0 radical (unpaired) electrons. The number of piperidine rings is 1. The van der Waals surface area contributed by atoms with E-state index in [1.54, 1.807) is 7.11 Å². The van der Waals surface area contributed by atoms with Crippen LogP contribution in [0.25, 0.3) is 0 Å². The number of rotatable bonds is 5. The van der Waals surface area contributed by atoms with Crippen molar-refractivity contribution in [3.05, 3.63) is 23.5 Å². The summed E-state index contributed by atoms with van der Waals surface area (Å²) in [4.78, 5) is 16.2. The number of aliphatic hydroxyl groups is 1. The average Bonchev–Trinajstić information content (AvgIpc) is 2.62. The lowest BCUT2D eigenvalue weighted by Crippen LogP contribution is -2.62. The van der Waals surface area contributed by atoms with E-state index >= 15 is 0 Å². The van der Waals surface area contributed by atoms with Crippen LogP contribution in [0.4, 0.5) is 0 Å². The van der Waals surface area contributed by atoms with Gasteiger partial charge in [0.1, 0.15) is 5.76 Å². The number of nitrogens with zero attached hydrogens (tertiary/aromatic N) is 1. The van der Waals surface area contributed by atoms with E-state index < -0.39 is 5.60 Å². The standard InChI is InChI=1S/C25H41NO3/c1-8-17(2)20-18(11-12-19(29-7)21(20)25(28)15-10-16-25)22(27)26-23(3,4)13-9-14-24(26,5)6/h11-12,17,20-21,28H,8-10,13-16H2,1-7H3/t17?,20-,21-/m0/s1. The third-order valence-electron chi connectivity index (χ3n) is 7.98. The van der Waals surface area contributed by atoms with Crippen molar-refractivity contribution < 1.29 is 14.6 Å². The topological polar surface area (TPSA) is 49.8 Å². The summed E-state index contributed by atoms with van der Waals surface area (Å²) in [6.07, 6.45) is 10.7. The SMILES string of the molecule is CCC(C)[C@H]1C(C(=O)N2C(C)(C)CCCC2(C)C)=CC=C(OC)[C@@H]1C1(O)CCC1. The van der Waals surface area contributed by atoms with Crippen molar-refractivity contribution in [3.8, 4) is 0 Å². The van der Waals surface area contributed by atoms with Crippen molar-refractivity contribution >= 4 is 5.91 Å². The second-order valence-electron chi connectivity index (χ2n) is 10.9. The Bertz CT molecular complexity index is 683. The highest BCUT2D eigenvalue weighted by Crippen LogP contribution is 2.52. The van der Waals surface area contributed by atoms with Gasteiger partial charge in [0.15, 0.2) is 0 Å². The van der Waals surface area contributed by atoms with Gasteiger partial charge in [-0.25, -0.2) is 0 Å². The van der Waals surface area contributed by atoms with Gasteiger partial charge in [-0.15, -0.1) is 0 Å². The molecule has 3 rings (SSSR count). The first kappa shape index (κ1) is 22.4. The van der Waals surface area contributed by atoms with Gasteiger partial charge < -0.3 is 14.7 Å². The summed E-state index contributed by atoms with van der Waals surface area (Å²) in [6.45, 7) is 13.2. The van der Waals surface area contributed by atoms with Crippen molar-refractivity contribution in [2.45, 2.75) is 103 Å². The second kappa shape index (κ2) is 7.76. The molecule has 0 aromatic rings. The Hall–Kier alpha value is -1.29. The molecule has 2 aliphatic carbocycles. The van der Waals surface area contributed by atoms with Gasteiger partial charge in [0.2, 0.25) is 0 Å². The number of carbonyl (C=O) groups excluding carboxylic acids is 1. The van der Waals surface area contributed by atoms with Gasteiger partial charge in [-0.3, -0.25) is 4.79 Å². The number of allylic oxidation sites excluding steroid dienone is 2. The summed E-state index contributed by atoms with van der Waals surface area (Å²) < 4.78 is 5.74. The maximum atomic E-state index is 14.1. The van der Waals surface area contributed by atoms with Crippen LogP contribution in [0.5, 0.6) is 0 Å². The molecule has 1 saturated heterocycles. The lowest BCUT2D eigenvalue weighted by Gasteiger charge is -2.55. The van der Waals surface area contributed by atoms with Crippen molar-refractivity contribution in [2.24, 2.45) is 17.8 Å². The molecule has 1 saturated carbocycles. The first-order valence-corrected chi connectivity index (χ1v) is 11.5. The molecule has 1 heterocycles. The highest BCUT2D eigenvalue weighted by molar-refractivity contribution is 5.96. The van der Waals surface area contributed by atoms with Crippen LogP contribution in [-0.4, -0.2) is 39.7 Å². The molecule has 0 aromatic heterocycles. The molecule has 164 valence electrons. The van der Waals surface area contributed by atoms with Crippen molar-refractivity contribution in [3.63, 3.8) is 0 Å². The molecule has 0 bridgehead atoms. The minimum atomic E-state index is -0.761. The third kappa shape index (κ3) is 3.78. The zero-order chi connectivity index (χ0) is 21.6. The zero-order valence-corrected chi connectivity index (χ0v) is 19.5. The molecule has 4 heteroatoms. The van der Waals surface area contributed by atoms with Crippen LogP contribution in [-0.2, 0) is 9.53 Å². The summed E-state index contributed by atoms with van der Waals surface area (Å²) in [6, 6.07) is 0. The first-order valence-electron chi connectivity index (χ1n) is 11.5. The van der Waals surface area contributed by atoms with E-state index in [1.807, 2.05) is 12.2 Å². The Balaban J connectivity index is 2.07. The number of amides is 1. The van der Waals surface area contributed by atoms with Crippen LogP contribution in [0.3, 0.4) is 0 Å². The lowest BCUT2D eigenvalue weighted by molar-refractivity contribution is -0.147. The van der Waals surface area contributed by atoms with E-state index in [9.17, 15) is 9.90 Å². The predicted molar refractivity (Wildman–Crippen MR) is 117 cm³/mol. The van der Waals surface area contributed by atoms with Gasteiger partial charge in [0, 0.05) is 22.6 Å². The predicted octanol–water partition coefficient (Wildman–Crippen LogP) is 5.22. The molecule has 4 nitrogen and oxygen atoms in total. The van der Waals surface area contributed by atoms with Crippen LogP contribution in [0.1, 0.15) is 86.5 Å². The van der Waals surface area contributed by atoms with Crippen LogP contribution < -0.4 is 0 Å². The minimum absolute atomic E-state index is 0.0220. The van der Waals surface area contributed by atoms with Gasteiger partial charge in [0.05, 0.1) is 18.6 Å². The Morgan fingerprint density at radius 3 is 2.14 bits per heavy atom. The molecular formula is C25H41NO3. The van der Waals surface area contributed by atoms with Gasteiger partial charge in [0.25, 0.3) is 5.91 Å². The van der Waals surface area contributed by atoms with Crippen LogP contribution in [0, 0.1) is 17.8 Å². The molecule has 0 aromatic carbocycles. The molecule has 1 N–H and O–H groups in total. The largest absolute Gasteiger partial charge is 0.501 e. The number of carbonyl (C=O) groups is 1. The monoisotopic (exact) mass is 403 g/mol. The van der Waals surface area contributed by atoms with Crippen LogP contribution in [0.15, 0.2) is 23.5 Å². The van der Waals surface area contributed by atoms with Crippen LogP contribution in [0.2, 0.25) is 0 Å². The highest BCUT2D eigenvalue weighted by atomic mass is 16.5. The number of methoxy groups -OCH3 is 1. The number of hydrogen-bond acceptors (Lipinski definition) is 3. The molecule has 1 amide bonds. The molecule has 1 unspecified atom stereocenters. The Labute approximate surface area is 177 Å². The van der Waals surface area contributed by atoms with Crippen molar-refractivity contribution in [1.29, 1.82) is 0 Å². The summed E-state index contributed by atoms with van der Waals surface area (Å²) >= 11 is 0. The molecule has 29 heavy (non-hydrogen) atoms. The Morgan fingerprint density at radius 1 is 1.14 bits per heavy atom. The van der Waals surface area contributed by atoms with E-state index in [2.05, 4.69) is 46.4 Å². The smallest absolute Gasteiger partial charge is 0.250 e. The number of ether oxygens (including phenoxy) is 1. The zero-order valence-electron chi connectivity index (χ0n) is 19.5. The third-order valence-corrected chi connectivity index (χ3v) is 7.98. The fourth-order valence-electron chi connectivity index (χ4n) is 6.17. The Morgan fingerprint density at radius 2 is 1.69 bits per heavy atom. The quantitative estimate of drug-likeness (QED) is 0.685. The highest BCUT2D eigenvalue weighted by Gasteiger charge is 2.54. The summed E-state index contributed by atoms with van der Waals surface area (Å²) in [5, 5.41) is 11.4. The Kier molecular flexibility index (Phi) is 5.99. The summed E-state index contributed by atoms with van der Waals surface area (Å²) in [5.74, 6) is 1.09. The van der Waals surface area contributed by atoms with Crippen LogP contribution >= 0.6 is 0 Å². The van der Waals surface area contributed by atoms with Crippen molar-refractivity contribution in [1.82, 2.24) is 4.90 Å². The van der Waals surface area contributed by atoms with Gasteiger partial charge in [-0.05, 0) is 84.3 Å².